The second-order valence-corrected chi connectivity index (χ2v) is 4.56. The van der Waals surface area contributed by atoms with E-state index >= 15 is 0 Å². The molecule has 0 aliphatic carbocycles. The van der Waals surface area contributed by atoms with Crippen molar-refractivity contribution in [2.75, 3.05) is 6.61 Å². The summed E-state index contributed by atoms with van der Waals surface area (Å²) in [4.78, 5) is 0. The predicted octanol–water partition coefficient (Wildman–Crippen LogP) is 2.49. The molecule has 0 fully saturated rings. The number of aliphatic hydroxyl groups excluding tert-OH is 2. The second-order valence-electron chi connectivity index (χ2n) is 4.56. The number of aliphatic hydroxyl groups is 2. The average Bonchev–Trinajstić information content (AvgIpc) is 2.55. The van der Waals surface area contributed by atoms with Crippen LogP contribution >= 0.6 is 0 Å². The van der Waals surface area contributed by atoms with Gasteiger partial charge in [0.15, 0.2) is 0 Å². The molecule has 0 unspecified atom stereocenters. The van der Waals surface area contributed by atoms with Crippen LogP contribution in [0.1, 0.15) is 23.1 Å². The molecule has 21 heavy (non-hydrogen) atoms. The smallest absolute Gasteiger partial charge is 0.119 e. The summed E-state index contributed by atoms with van der Waals surface area (Å²) < 4.78 is 5.68. The van der Waals surface area contributed by atoms with E-state index in [4.69, 9.17) is 14.9 Å². The van der Waals surface area contributed by atoms with E-state index in [9.17, 15) is 0 Å². The molecule has 2 aromatic rings. The van der Waals surface area contributed by atoms with Crippen LogP contribution in [0, 0.1) is 11.8 Å². The summed E-state index contributed by atoms with van der Waals surface area (Å²) in [6.07, 6.45) is 0.495. The Kier molecular flexibility index (Phi) is 5.83. The van der Waals surface area contributed by atoms with E-state index in [-0.39, 0.29) is 13.2 Å². The third-order valence-electron chi connectivity index (χ3n) is 2.93. The Labute approximate surface area is 124 Å². The lowest BCUT2D eigenvalue weighted by molar-refractivity contribution is 0.280. The molecule has 2 aromatic carbocycles. The molecule has 108 valence electrons. The van der Waals surface area contributed by atoms with Crippen LogP contribution in [-0.4, -0.2) is 16.8 Å². The molecule has 0 saturated carbocycles. The first kappa shape index (κ1) is 15.1. The highest BCUT2D eigenvalue weighted by atomic mass is 16.5. The summed E-state index contributed by atoms with van der Waals surface area (Å²) in [6, 6.07) is 15.2. The zero-order chi connectivity index (χ0) is 14.9. The molecule has 0 radical (unpaired) electrons. The number of ether oxygens (including phenoxy) is 1. The van der Waals surface area contributed by atoms with Crippen LogP contribution in [0.2, 0.25) is 0 Å². The molecule has 0 atom stereocenters. The van der Waals surface area contributed by atoms with Crippen molar-refractivity contribution in [2.45, 2.75) is 19.6 Å². The van der Waals surface area contributed by atoms with Gasteiger partial charge >= 0.3 is 0 Å². The topological polar surface area (TPSA) is 49.7 Å². The fourth-order valence-corrected chi connectivity index (χ4v) is 1.76. The molecule has 0 spiro atoms. The predicted molar refractivity (Wildman–Crippen MR) is 81.7 cm³/mol. The quantitative estimate of drug-likeness (QED) is 0.828. The lowest BCUT2D eigenvalue weighted by atomic mass is 10.1. The minimum Gasteiger partial charge on any atom is -0.489 e. The summed E-state index contributed by atoms with van der Waals surface area (Å²) in [5.74, 6) is 6.65. The highest BCUT2D eigenvalue weighted by molar-refractivity contribution is 5.36. The minimum absolute atomic E-state index is 0.0407. The Balaban J connectivity index is 1.89. The lowest BCUT2D eigenvalue weighted by Crippen LogP contribution is -1.95. The van der Waals surface area contributed by atoms with Crippen LogP contribution in [0.3, 0.4) is 0 Å². The Morgan fingerprint density at radius 2 is 1.52 bits per heavy atom. The third-order valence-corrected chi connectivity index (χ3v) is 2.93. The van der Waals surface area contributed by atoms with Gasteiger partial charge in [-0.3, -0.25) is 0 Å². The van der Waals surface area contributed by atoms with Crippen molar-refractivity contribution in [3.8, 4) is 17.6 Å². The standard InChI is InChI=1S/C18H18O3/c19-12-2-1-3-15-4-6-17(7-5-15)14-21-18-10-8-16(13-20)9-11-18/h4-11,19-20H,2,12-14H2. The maximum atomic E-state index is 8.97. The summed E-state index contributed by atoms with van der Waals surface area (Å²) in [5.41, 5.74) is 2.86. The summed E-state index contributed by atoms with van der Waals surface area (Å²) in [7, 11) is 0. The van der Waals surface area contributed by atoms with Crippen molar-refractivity contribution in [1.29, 1.82) is 0 Å². The fourth-order valence-electron chi connectivity index (χ4n) is 1.76. The van der Waals surface area contributed by atoms with Gasteiger partial charge in [0.1, 0.15) is 12.4 Å². The normalized spacial score (nSPS) is 9.81. The van der Waals surface area contributed by atoms with Crippen LogP contribution in [0.15, 0.2) is 48.5 Å². The van der Waals surface area contributed by atoms with Gasteiger partial charge < -0.3 is 14.9 Å². The first-order valence-corrected chi connectivity index (χ1v) is 6.83. The molecule has 2 rings (SSSR count). The van der Waals surface area contributed by atoms with Gasteiger partial charge in [-0.2, -0.15) is 0 Å². The molecule has 0 heterocycles. The number of rotatable bonds is 5. The van der Waals surface area contributed by atoms with Gasteiger partial charge in [-0.05, 0) is 35.4 Å². The summed E-state index contributed by atoms with van der Waals surface area (Å²) >= 11 is 0. The highest BCUT2D eigenvalue weighted by Crippen LogP contribution is 2.14. The van der Waals surface area contributed by atoms with Gasteiger partial charge in [0.2, 0.25) is 0 Å². The van der Waals surface area contributed by atoms with E-state index in [0.717, 1.165) is 22.4 Å². The Bertz CT molecular complexity index is 604. The molecule has 0 bridgehead atoms. The van der Waals surface area contributed by atoms with Gasteiger partial charge in [-0.15, -0.1) is 0 Å². The zero-order valence-electron chi connectivity index (χ0n) is 11.7. The molecule has 0 aliphatic heterocycles. The summed E-state index contributed by atoms with van der Waals surface area (Å²) in [6.45, 7) is 0.621. The van der Waals surface area contributed by atoms with Gasteiger partial charge in [0.05, 0.1) is 13.2 Å². The third kappa shape index (κ3) is 4.96. The van der Waals surface area contributed by atoms with Gasteiger partial charge in [0.25, 0.3) is 0 Å². The van der Waals surface area contributed by atoms with E-state index in [1.54, 1.807) is 0 Å². The van der Waals surface area contributed by atoms with E-state index in [2.05, 4.69) is 11.8 Å². The van der Waals surface area contributed by atoms with Crippen LogP contribution in [0.5, 0.6) is 5.75 Å². The fraction of sp³-hybridized carbons (Fsp3) is 0.222. The average molecular weight is 282 g/mol. The maximum Gasteiger partial charge on any atom is 0.119 e. The molecule has 2 N–H and O–H groups in total. The molecule has 3 heteroatoms. The van der Waals surface area contributed by atoms with Crippen LogP contribution < -0.4 is 4.74 Å². The van der Waals surface area contributed by atoms with Gasteiger partial charge in [0, 0.05) is 12.0 Å². The molecule has 0 amide bonds. The Morgan fingerprint density at radius 3 is 2.14 bits per heavy atom. The maximum absolute atomic E-state index is 8.97. The number of benzene rings is 2. The van der Waals surface area contributed by atoms with Crippen molar-refractivity contribution in [1.82, 2.24) is 0 Å². The SMILES string of the molecule is OCCC#Cc1ccc(COc2ccc(CO)cc2)cc1. The van der Waals surface area contributed by atoms with Crippen molar-refractivity contribution in [2.24, 2.45) is 0 Å². The van der Waals surface area contributed by atoms with Crippen molar-refractivity contribution >= 4 is 0 Å². The van der Waals surface area contributed by atoms with Crippen molar-refractivity contribution < 1.29 is 14.9 Å². The van der Waals surface area contributed by atoms with Crippen molar-refractivity contribution in [3.05, 3.63) is 65.2 Å². The Morgan fingerprint density at radius 1 is 0.857 bits per heavy atom. The monoisotopic (exact) mass is 282 g/mol. The van der Waals surface area contributed by atoms with E-state index in [1.165, 1.54) is 0 Å². The van der Waals surface area contributed by atoms with Crippen LogP contribution in [-0.2, 0) is 13.2 Å². The number of hydrogen-bond donors (Lipinski definition) is 2. The van der Waals surface area contributed by atoms with Crippen LogP contribution in [0.4, 0.5) is 0 Å². The first-order valence-electron chi connectivity index (χ1n) is 6.83. The van der Waals surface area contributed by atoms with Gasteiger partial charge in [-0.25, -0.2) is 0 Å². The highest BCUT2D eigenvalue weighted by Gasteiger charge is 1.97. The lowest BCUT2D eigenvalue weighted by Gasteiger charge is -2.07. The van der Waals surface area contributed by atoms with E-state index in [1.807, 2.05) is 48.5 Å². The molecule has 0 aliphatic rings. The molecular formula is C18H18O3. The van der Waals surface area contributed by atoms with Crippen molar-refractivity contribution in [3.63, 3.8) is 0 Å². The minimum atomic E-state index is 0.0407. The first-order chi connectivity index (χ1) is 10.3. The molecule has 0 aromatic heterocycles. The van der Waals surface area contributed by atoms with Crippen LogP contribution in [0.25, 0.3) is 0 Å². The van der Waals surface area contributed by atoms with E-state index in [0.29, 0.717) is 13.0 Å². The number of hydrogen-bond acceptors (Lipinski definition) is 3. The second kappa shape index (κ2) is 8.11. The Hall–Kier alpha value is -2.28. The van der Waals surface area contributed by atoms with Gasteiger partial charge in [-0.1, -0.05) is 36.1 Å². The van der Waals surface area contributed by atoms with E-state index < -0.39 is 0 Å². The molecular weight excluding hydrogens is 264 g/mol. The summed E-state index contributed by atoms with van der Waals surface area (Å²) in [5, 5.41) is 17.6. The largest absolute Gasteiger partial charge is 0.489 e. The molecule has 3 nitrogen and oxygen atoms in total. The molecule has 0 saturated heterocycles. The zero-order valence-corrected chi connectivity index (χ0v) is 11.7.